The summed E-state index contributed by atoms with van der Waals surface area (Å²) < 4.78 is 0. The van der Waals surface area contributed by atoms with Crippen molar-refractivity contribution in [3.63, 3.8) is 0 Å². The maximum Gasteiger partial charge on any atom is 0.322 e. The molecule has 27 heavy (non-hydrogen) atoms. The molecule has 1 atom stereocenters. The molecule has 3 amide bonds. The first-order valence-corrected chi connectivity index (χ1v) is 9.34. The van der Waals surface area contributed by atoms with Gasteiger partial charge >= 0.3 is 6.03 Å². The lowest BCUT2D eigenvalue weighted by atomic mass is 9.72. The van der Waals surface area contributed by atoms with Gasteiger partial charge in [-0.05, 0) is 48.4 Å². The number of amides is 3. The van der Waals surface area contributed by atoms with E-state index in [0.717, 1.165) is 29.9 Å². The average molecular weight is 364 g/mol. The van der Waals surface area contributed by atoms with Gasteiger partial charge < -0.3 is 15.1 Å². The van der Waals surface area contributed by atoms with Crippen molar-refractivity contribution in [3.05, 3.63) is 54.4 Å². The second-order valence-corrected chi connectivity index (χ2v) is 7.93. The van der Waals surface area contributed by atoms with Crippen LogP contribution in [0.25, 0.3) is 0 Å². The summed E-state index contributed by atoms with van der Waals surface area (Å²) in [6.07, 6.45) is 5.04. The highest BCUT2D eigenvalue weighted by Gasteiger charge is 2.48. The summed E-state index contributed by atoms with van der Waals surface area (Å²) in [5, 5.41) is 2.98. The molecule has 6 nitrogen and oxygen atoms in total. The fourth-order valence-corrected chi connectivity index (χ4v) is 4.13. The van der Waals surface area contributed by atoms with E-state index >= 15 is 0 Å². The molecule has 1 unspecified atom stereocenters. The number of carbonyl (C=O) groups is 2. The van der Waals surface area contributed by atoms with Gasteiger partial charge in [0.15, 0.2) is 0 Å². The van der Waals surface area contributed by atoms with Crippen LogP contribution in [0, 0.1) is 5.41 Å². The van der Waals surface area contributed by atoms with Crippen LogP contribution < -0.4 is 10.2 Å². The number of nitrogens with one attached hydrogen (secondary N) is 1. The number of rotatable bonds is 3. The highest BCUT2D eigenvalue weighted by molar-refractivity contribution is 5.96. The second kappa shape index (κ2) is 6.68. The van der Waals surface area contributed by atoms with Crippen LogP contribution in [0.2, 0.25) is 0 Å². The van der Waals surface area contributed by atoms with E-state index in [0.29, 0.717) is 13.0 Å². The van der Waals surface area contributed by atoms with Gasteiger partial charge in [0.2, 0.25) is 5.91 Å². The third kappa shape index (κ3) is 3.27. The molecule has 4 rings (SSSR count). The largest absolute Gasteiger partial charge is 0.322 e. The summed E-state index contributed by atoms with van der Waals surface area (Å²) in [5.41, 5.74) is 2.74. The smallest absolute Gasteiger partial charge is 0.316 e. The molecule has 140 valence electrons. The van der Waals surface area contributed by atoms with Gasteiger partial charge in [0.1, 0.15) is 0 Å². The molecule has 0 radical (unpaired) electrons. The lowest BCUT2D eigenvalue weighted by Crippen LogP contribution is -2.59. The van der Waals surface area contributed by atoms with E-state index in [1.54, 1.807) is 17.3 Å². The highest BCUT2D eigenvalue weighted by Crippen LogP contribution is 2.48. The average Bonchev–Trinajstić information content (AvgIpc) is 3.07. The lowest BCUT2D eigenvalue weighted by molar-refractivity contribution is -0.117. The molecule has 1 N–H and O–H groups in total. The Morgan fingerprint density at radius 1 is 1.15 bits per heavy atom. The van der Waals surface area contributed by atoms with Gasteiger partial charge in [0, 0.05) is 48.7 Å². The molecule has 2 aliphatic heterocycles. The molecule has 0 spiro atoms. The first-order chi connectivity index (χ1) is 13.0. The van der Waals surface area contributed by atoms with Gasteiger partial charge in [-0.25, -0.2) is 4.79 Å². The van der Waals surface area contributed by atoms with E-state index in [1.807, 2.05) is 41.3 Å². The van der Waals surface area contributed by atoms with Crippen LogP contribution >= 0.6 is 0 Å². The van der Waals surface area contributed by atoms with E-state index in [9.17, 15) is 9.59 Å². The van der Waals surface area contributed by atoms with Crippen molar-refractivity contribution >= 4 is 23.3 Å². The third-order valence-corrected chi connectivity index (χ3v) is 5.42. The molecular formula is C21H24N4O2. The van der Waals surface area contributed by atoms with Gasteiger partial charge in [-0.3, -0.25) is 9.78 Å². The number of pyridine rings is 1. The van der Waals surface area contributed by atoms with Crippen LogP contribution in [0.5, 0.6) is 0 Å². The predicted octanol–water partition coefficient (Wildman–Crippen LogP) is 3.82. The van der Waals surface area contributed by atoms with Gasteiger partial charge in [-0.15, -0.1) is 0 Å². The number of anilines is 2. The van der Waals surface area contributed by atoms with E-state index in [2.05, 4.69) is 24.1 Å². The Hall–Kier alpha value is -2.89. The van der Waals surface area contributed by atoms with Crippen LogP contribution in [0.4, 0.5) is 16.2 Å². The van der Waals surface area contributed by atoms with Crippen molar-refractivity contribution in [3.8, 4) is 0 Å². The summed E-state index contributed by atoms with van der Waals surface area (Å²) >= 11 is 0. The molecule has 3 heterocycles. The summed E-state index contributed by atoms with van der Waals surface area (Å²) in [5.74, 6) is 0.162. The summed E-state index contributed by atoms with van der Waals surface area (Å²) in [6.45, 7) is 5.81. The van der Waals surface area contributed by atoms with Gasteiger partial charge in [0.05, 0.1) is 6.04 Å². The molecule has 2 fully saturated rings. The van der Waals surface area contributed by atoms with Crippen molar-refractivity contribution < 1.29 is 9.59 Å². The standard InChI is InChI=1S/C21H24N4O2/c1-21(2)14-25(19(21)15-9-11-22-12-10-15)20(27)23-16-5-7-17(8-6-16)24-13-3-4-18(24)26/h5-12,19H,3-4,13-14H2,1-2H3,(H,23,27). The molecule has 2 aliphatic rings. The van der Waals surface area contributed by atoms with Crippen LogP contribution in [-0.2, 0) is 4.79 Å². The number of hydrogen-bond donors (Lipinski definition) is 1. The summed E-state index contributed by atoms with van der Waals surface area (Å²) in [4.78, 5) is 32.4. The number of likely N-dealkylation sites (tertiary alicyclic amines) is 1. The van der Waals surface area contributed by atoms with Crippen LogP contribution in [0.3, 0.4) is 0 Å². The topological polar surface area (TPSA) is 65.5 Å². The van der Waals surface area contributed by atoms with Crippen molar-refractivity contribution in [1.29, 1.82) is 0 Å². The maximum absolute atomic E-state index is 12.8. The normalized spacial score (nSPS) is 21.1. The van der Waals surface area contributed by atoms with Gasteiger partial charge in [0.25, 0.3) is 0 Å². The van der Waals surface area contributed by atoms with E-state index in [1.165, 1.54) is 0 Å². The van der Waals surface area contributed by atoms with Gasteiger partial charge in [-0.1, -0.05) is 13.8 Å². The number of nitrogens with zero attached hydrogens (tertiary/aromatic N) is 3. The molecule has 0 bridgehead atoms. The van der Waals surface area contributed by atoms with Crippen LogP contribution in [0.1, 0.15) is 38.3 Å². The predicted molar refractivity (Wildman–Crippen MR) is 105 cm³/mol. The Kier molecular flexibility index (Phi) is 4.34. The quantitative estimate of drug-likeness (QED) is 0.900. The SMILES string of the molecule is CC1(C)CN(C(=O)Nc2ccc(N3CCCC3=O)cc2)C1c1ccncc1. The Morgan fingerprint density at radius 3 is 2.44 bits per heavy atom. The maximum atomic E-state index is 12.8. The number of aromatic nitrogens is 1. The monoisotopic (exact) mass is 364 g/mol. The van der Waals surface area contributed by atoms with Gasteiger partial charge in [-0.2, -0.15) is 0 Å². The number of urea groups is 1. The zero-order valence-corrected chi connectivity index (χ0v) is 15.7. The summed E-state index contributed by atoms with van der Waals surface area (Å²) in [7, 11) is 0. The minimum absolute atomic E-state index is 0.0265. The number of benzene rings is 1. The molecule has 6 heteroatoms. The Labute approximate surface area is 159 Å². The minimum atomic E-state index is -0.110. The Balaban J connectivity index is 1.45. The first-order valence-electron chi connectivity index (χ1n) is 9.34. The lowest BCUT2D eigenvalue weighted by Gasteiger charge is -2.54. The molecule has 0 saturated carbocycles. The van der Waals surface area contributed by atoms with Crippen molar-refractivity contribution in [2.24, 2.45) is 5.41 Å². The fourth-order valence-electron chi connectivity index (χ4n) is 4.13. The Bertz CT molecular complexity index is 848. The van der Waals surface area contributed by atoms with Crippen molar-refractivity contribution in [2.45, 2.75) is 32.7 Å². The molecular weight excluding hydrogens is 340 g/mol. The molecule has 0 aliphatic carbocycles. The van der Waals surface area contributed by atoms with Crippen molar-refractivity contribution in [2.75, 3.05) is 23.3 Å². The van der Waals surface area contributed by atoms with E-state index in [4.69, 9.17) is 0 Å². The van der Waals surface area contributed by atoms with E-state index in [-0.39, 0.29) is 23.4 Å². The highest BCUT2D eigenvalue weighted by atomic mass is 16.2. The van der Waals surface area contributed by atoms with Crippen molar-refractivity contribution in [1.82, 2.24) is 9.88 Å². The Morgan fingerprint density at radius 2 is 1.85 bits per heavy atom. The molecule has 2 aromatic rings. The molecule has 1 aromatic heterocycles. The zero-order chi connectivity index (χ0) is 19.0. The van der Waals surface area contributed by atoms with Crippen LogP contribution in [0.15, 0.2) is 48.8 Å². The molecule has 1 aromatic carbocycles. The second-order valence-electron chi connectivity index (χ2n) is 7.93. The number of hydrogen-bond acceptors (Lipinski definition) is 3. The fraction of sp³-hybridized carbons (Fsp3) is 0.381. The third-order valence-electron chi connectivity index (χ3n) is 5.42. The van der Waals surface area contributed by atoms with Crippen LogP contribution in [-0.4, -0.2) is 34.9 Å². The minimum Gasteiger partial charge on any atom is -0.316 e. The zero-order valence-electron chi connectivity index (χ0n) is 15.7. The first kappa shape index (κ1) is 17.5. The molecule has 2 saturated heterocycles. The number of carbonyl (C=O) groups excluding carboxylic acids is 2. The summed E-state index contributed by atoms with van der Waals surface area (Å²) in [6, 6.07) is 11.3. The van der Waals surface area contributed by atoms with E-state index < -0.39 is 0 Å².